The first-order valence-corrected chi connectivity index (χ1v) is 9.44. The van der Waals surface area contributed by atoms with Gasteiger partial charge in [0.1, 0.15) is 18.6 Å². The molecule has 87 valence electrons. The van der Waals surface area contributed by atoms with Crippen molar-refractivity contribution in [3.63, 3.8) is 0 Å². The molecule has 1 fully saturated rings. The van der Waals surface area contributed by atoms with E-state index in [4.69, 9.17) is 0 Å². The van der Waals surface area contributed by atoms with Gasteiger partial charge in [-0.05, 0) is 30.8 Å². The van der Waals surface area contributed by atoms with E-state index in [1.165, 1.54) is 25.8 Å². The van der Waals surface area contributed by atoms with Gasteiger partial charge < -0.3 is 9.55 Å². The summed E-state index contributed by atoms with van der Waals surface area (Å²) >= 11 is 0. The van der Waals surface area contributed by atoms with E-state index in [9.17, 15) is 0 Å². The average Bonchev–Trinajstić information content (AvgIpc) is 2.06. The van der Waals surface area contributed by atoms with Gasteiger partial charge in [0.15, 0.2) is 0 Å². The largest absolute Gasteiger partial charge is 0.323 e. The van der Waals surface area contributed by atoms with Gasteiger partial charge in [-0.15, -0.1) is 0 Å². The number of nitrogens with zero attached hydrogens (tertiary/aromatic N) is 1. The molecule has 15 heavy (non-hydrogen) atoms. The molecule has 0 saturated carbocycles. The molecule has 3 radical (unpaired) electrons. The van der Waals surface area contributed by atoms with Crippen molar-refractivity contribution in [3.8, 4) is 0 Å². The lowest BCUT2D eigenvalue weighted by atomic mass is 10.1. The van der Waals surface area contributed by atoms with Crippen molar-refractivity contribution < 1.29 is 0 Å². The maximum Gasteiger partial charge on any atom is 0.145 e. The summed E-state index contributed by atoms with van der Waals surface area (Å²) in [6.07, 6.45) is 4.49. The van der Waals surface area contributed by atoms with E-state index >= 15 is 0 Å². The van der Waals surface area contributed by atoms with Gasteiger partial charge in [-0.3, -0.25) is 0 Å². The van der Waals surface area contributed by atoms with Crippen LogP contribution in [0, 0.1) is 0 Å². The summed E-state index contributed by atoms with van der Waals surface area (Å²) in [5.41, 5.74) is 0. The SMILES string of the molecule is CC(C)(C)[Si](C)(C)NC1CCCCN1[Si]. The third-order valence-electron chi connectivity index (χ3n) is 3.91. The average molecular weight is 242 g/mol. The molecule has 0 aliphatic carbocycles. The van der Waals surface area contributed by atoms with Crippen LogP contribution in [0.5, 0.6) is 0 Å². The topological polar surface area (TPSA) is 15.3 Å². The van der Waals surface area contributed by atoms with E-state index in [2.05, 4.69) is 53.8 Å². The van der Waals surface area contributed by atoms with Crippen LogP contribution in [0.15, 0.2) is 0 Å². The second-order valence-electron chi connectivity index (χ2n) is 6.22. The molecule has 1 N–H and O–H groups in total. The van der Waals surface area contributed by atoms with Crippen LogP contribution in [0.1, 0.15) is 40.0 Å². The Labute approximate surface area is 99.4 Å². The van der Waals surface area contributed by atoms with Gasteiger partial charge >= 0.3 is 0 Å². The van der Waals surface area contributed by atoms with Crippen LogP contribution in [0.4, 0.5) is 0 Å². The normalized spacial score (nSPS) is 25.6. The fourth-order valence-electron chi connectivity index (χ4n) is 1.71. The third-order valence-corrected chi connectivity index (χ3v) is 9.25. The van der Waals surface area contributed by atoms with Crippen LogP contribution >= 0.6 is 0 Å². The number of hydrogen-bond donors (Lipinski definition) is 1. The van der Waals surface area contributed by atoms with E-state index in [1.54, 1.807) is 0 Å². The lowest BCUT2D eigenvalue weighted by molar-refractivity contribution is 0.245. The van der Waals surface area contributed by atoms with Gasteiger partial charge in [0.25, 0.3) is 0 Å². The Morgan fingerprint density at radius 1 is 1.27 bits per heavy atom. The van der Waals surface area contributed by atoms with Crippen LogP contribution < -0.4 is 4.98 Å². The number of nitrogens with one attached hydrogen (secondary N) is 1. The summed E-state index contributed by atoms with van der Waals surface area (Å²) in [6.45, 7) is 13.1. The highest BCUT2D eigenvalue weighted by Crippen LogP contribution is 2.34. The van der Waals surface area contributed by atoms with Gasteiger partial charge in [0.2, 0.25) is 0 Å². The summed E-state index contributed by atoms with van der Waals surface area (Å²) < 4.78 is 2.30. The predicted octanol–water partition coefficient (Wildman–Crippen LogP) is 2.48. The molecule has 0 aromatic heterocycles. The Kier molecular flexibility index (Phi) is 4.20. The summed E-state index contributed by atoms with van der Waals surface area (Å²) in [4.78, 5) is 3.90. The molecule has 1 aliphatic heterocycles. The molecule has 1 saturated heterocycles. The monoisotopic (exact) mass is 241 g/mol. The molecule has 2 nitrogen and oxygen atoms in total. The molecule has 0 amide bonds. The summed E-state index contributed by atoms with van der Waals surface area (Å²) in [5.74, 6) is 0. The molecule has 0 aromatic rings. The number of piperidine rings is 1. The van der Waals surface area contributed by atoms with Crippen molar-refractivity contribution in [2.75, 3.05) is 6.54 Å². The zero-order chi connectivity index (χ0) is 11.7. The predicted molar refractivity (Wildman–Crippen MR) is 70.4 cm³/mol. The molecular formula is C11H25N2Si2. The summed E-state index contributed by atoms with van der Waals surface area (Å²) in [6, 6.07) is 0. The van der Waals surface area contributed by atoms with Gasteiger partial charge in [-0.1, -0.05) is 33.9 Å². The van der Waals surface area contributed by atoms with E-state index in [0.717, 1.165) is 0 Å². The Hall–Kier alpha value is 0.354. The minimum atomic E-state index is -1.36. The molecule has 0 aromatic carbocycles. The van der Waals surface area contributed by atoms with Crippen molar-refractivity contribution in [1.82, 2.24) is 9.55 Å². The lowest BCUT2D eigenvalue weighted by Gasteiger charge is -2.44. The van der Waals surface area contributed by atoms with E-state index in [0.29, 0.717) is 11.2 Å². The van der Waals surface area contributed by atoms with Crippen LogP contribution in [0.3, 0.4) is 0 Å². The highest BCUT2D eigenvalue weighted by molar-refractivity contribution is 6.77. The fourth-order valence-corrected chi connectivity index (χ4v) is 3.76. The highest BCUT2D eigenvalue weighted by atomic mass is 28.3. The van der Waals surface area contributed by atoms with Crippen molar-refractivity contribution in [2.45, 2.75) is 64.3 Å². The minimum Gasteiger partial charge on any atom is -0.323 e. The quantitative estimate of drug-likeness (QED) is 0.747. The molecule has 1 unspecified atom stereocenters. The number of hydrogen-bond acceptors (Lipinski definition) is 2. The molecule has 1 rings (SSSR count). The Balaban J connectivity index is 2.59. The first-order chi connectivity index (χ1) is 6.74. The van der Waals surface area contributed by atoms with Crippen molar-refractivity contribution in [2.24, 2.45) is 0 Å². The first kappa shape index (κ1) is 13.4. The lowest BCUT2D eigenvalue weighted by Crippen LogP contribution is -2.61. The van der Waals surface area contributed by atoms with Gasteiger partial charge in [-0.2, -0.15) is 0 Å². The summed E-state index contributed by atoms with van der Waals surface area (Å²) in [7, 11) is 2.36. The molecule has 1 aliphatic rings. The van der Waals surface area contributed by atoms with Crippen LogP contribution in [-0.4, -0.2) is 35.9 Å². The fraction of sp³-hybridized carbons (Fsp3) is 1.00. The van der Waals surface area contributed by atoms with Crippen LogP contribution in [0.25, 0.3) is 0 Å². The zero-order valence-electron chi connectivity index (χ0n) is 10.9. The number of rotatable bonds is 2. The van der Waals surface area contributed by atoms with Gasteiger partial charge in [0.05, 0.1) is 0 Å². The highest BCUT2D eigenvalue weighted by Gasteiger charge is 2.38. The minimum absolute atomic E-state index is 0.414. The first-order valence-electron chi connectivity index (χ1n) is 5.99. The molecule has 4 heteroatoms. The van der Waals surface area contributed by atoms with E-state index in [1.807, 2.05) is 0 Å². The standard InChI is InChI=1S/C11H25N2Si2/c1-11(2,3)15(4,5)12-10-8-6-7-9-13(10)14/h10,12H,6-9H2,1-5H3. The van der Waals surface area contributed by atoms with Gasteiger partial charge in [0, 0.05) is 6.17 Å². The van der Waals surface area contributed by atoms with E-state index in [-0.39, 0.29) is 0 Å². The second-order valence-corrected chi connectivity index (χ2v) is 11.8. The van der Waals surface area contributed by atoms with Crippen molar-refractivity contribution in [1.29, 1.82) is 0 Å². The van der Waals surface area contributed by atoms with Crippen molar-refractivity contribution in [3.05, 3.63) is 0 Å². The molecule has 0 bridgehead atoms. The molecule has 1 atom stereocenters. The Morgan fingerprint density at radius 2 is 1.87 bits per heavy atom. The Bertz CT molecular complexity index is 211. The smallest absolute Gasteiger partial charge is 0.145 e. The maximum absolute atomic E-state index is 3.90. The van der Waals surface area contributed by atoms with Gasteiger partial charge in [-0.25, -0.2) is 0 Å². The Morgan fingerprint density at radius 3 is 2.33 bits per heavy atom. The second kappa shape index (κ2) is 4.69. The molecule has 0 spiro atoms. The van der Waals surface area contributed by atoms with Crippen LogP contribution in [0.2, 0.25) is 18.1 Å². The van der Waals surface area contributed by atoms with E-state index < -0.39 is 8.24 Å². The summed E-state index contributed by atoms with van der Waals surface area (Å²) in [5, 5.41) is 0.414. The molecule has 1 heterocycles. The maximum atomic E-state index is 3.90. The third kappa shape index (κ3) is 3.41. The van der Waals surface area contributed by atoms with Crippen molar-refractivity contribution >= 4 is 18.6 Å². The molecular weight excluding hydrogens is 216 g/mol. The van der Waals surface area contributed by atoms with Crippen LogP contribution in [-0.2, 0) is 0 Å². The zero-order valence-corrected chi connectivity index (χ0v) is 12.9.